The Hall–Kier alpha value is -3.66. The molecule has 0 aliphatic carbocycles. The van der Waals surface area contributed by atoms with E-state index < -0.39 is 0 Å². The molecule has 5 aromatic rings. The zero-order chi connectivity index (χ0) is 25.6. The number of ether oxygens (including phenoxy) is 1. The molecule has 37 heavy (non-hydrogen) atoms. The fourth-order valence-electron chi connectivity index (χ4n) is 3.64. The smallest absolute Gasteiger partial charge is 0.236 e. The molecular weight excluding hydrogens is 526 g/mol. The first-order valence-electron chi connectivity index (χ1n) is 11.4. The van der Waals surface area contributed by atoms with Crippen molar-refractivity contribution in [2.45, 2.75) is 11.6 Å². The standard InChI is InChI=1S/C27H22ClN5O2S2/c1-35-22-13-9-19(10-14-22)25-31-32-27(33(25)21-5-3-2-4-6-21)36-17-24(34)30-26-29-16-23(37-26)15-18-7-11-20(28)12-8-18/h2-14,16H,15,17H2,1H3,(H,29,30,34). The summed E-state index contributed by atoms with van der Waals surface area (Å²) in [5.41, 5.74) is 2.94. The molecule has 0 unspecified atom stereocenters. The zero-order valence-corrected chi connectivity index (χ0v) is 22.2. The molecule has 2 aromatic heterocycles. The number of anilines is 1. The first-order chi connectivity index (χ1) is 18.1. The van der Waals surface area contributed by atoms with Crippen LogP contribution in [0.4, 0.5) is 5.13 Å². The predicted molar refractivity (Wildman–Crippen MR) is 149 cm³/mol. The summed E-state index contributed by atoms with van der Waals surface area (Å²) in [4.78, 5) is 18.1. The summed E-state index contributed by atoms with van der Waals surface area (Å²) in [7, 11) is 1.63. The number of aromatic nitrogens is 4. The largest absolute Gasteiger partial charge is 0.497 e. The van der Waals surface area contributed by atoms with Crippen molar-refractivity contribution < 1.29 is 9.53 Å². The van der Waals surface area contributed by atoms with Gasteiger partial charge in [-0.25, -0.2) is 4.98 Å². The topological polar surface area (TPSA) is 81.9 Å². The van der Waals surface area contributed by atoms with Gasteiger partial charge in [-0.3, -0.25) is 9.36 Å². The Kier molecular flexibility index (Phi) is 7.84. The van der Waals surface area contributed by atoms with E-state index in [1.165, 1.54) is 23.1 Å². The number of benzene rings is 3. The van der Waals surface area contributed by atoms with Gasteiger partial charge in [0.05, 0.1) is 12.9 Å². The third-order valence-electron chi connectivity index (χ3n) is 5.42. The van der Waals surface area contributed by atoms with Crippen molar-refractivity contribution in [3.05, 3.63) is 101 Å². The number of carbonyl (C=O) groups is 1. The molecule has 5 rings (SSSR count). The molecule has 0 radical (unpaired) electrons. The number of rotatable bonds is 9. The number of amides is 1. The van der Waals surface area contributed by atoms with Gasteiger partial charge in [-0.1, -0.05) is 53.7 Å². The van der Waals surface area contributed by atoms with E-state index in [2.05, 4.69) is 20.5 Å². The van der Waals surface area contributed by atoms with Crippen LogP contribution in [0.25, 0.3) is 17.1 Å². The van der Waals surface area contributed by atoms with Gasteiger partial charge in [-0.2, -0.15) is 0 Å². The van der Waals surface area contributed by atoms with Crippen LogP contribution in [-0.4, -0.2) is 38.5 Å². The lowest BCUT2D eigenvalue weighted by atomic mass is 10.1. The van der Waals surface area contributed by atoms with Gasteiger partial charge in [0.1, 0.15) is 5.75 Å². The van der Waals surface area contributed by atoms with E-state index in [0.29, 0.717) is 21.1 Å². The lowest BCUT2D eigenvalue weighted by Crippen LogP contribution is -2.14. The van der Waals surface area contributed by atoms with Gasteiger partial charge in [0.15, 0.2) is 16.1 Å². The van der Waals surface area contributed by atoms with E-state index in [1.54, 1.807) is 13.3 Å². The molecule has 0 spiro atoms. The van der Waals surface area contributed by atoms with Crippen molar-refractivity contribution in [3.63, 3.8) is 0 Å². The van der Waals surface area contributed by atoms with Crippen LogP contribution in [0.1, 0.15) is 10.4 Å². The third-order valence-corrected chi connectivity index (χ3v) is 7.51. The van der Waals surface area contributed by atoms with Gasteiger partial charge in [0.2, 0.25) is 5.91 Å². The number of nitrogens with one attached hydrogen (secondary N) is 1. The van der Waals surface area contributed by atoms with Crippen LogP contribution < -0.4 is 10.1 Å². The number of methoxy groups -OCH3 is 1. The van der Waals surface area contributed by atoms with E-state index in [9.17, 15) is 4.79 Å². The number of hydrogen-bond donors (Lipinski definition) is 1. The lowest BCUT2D eigenvalue weighted by molar-refractivity contribution is -0.113. The predicted octanol–water partition coefficient (Wildman–Crippen LogP) is 6.37. The minimum absolute atomic E-state index is 0.161. The normalized spacial score (nSPS) is 10.9. The Morgan fingerprint density at radius 3 is 2.51 bits per heavy atom. The van der Waals surface area contributed by atoms with Crippen LogP contribution in [0, 0.1) is 0 Å². The molecule has 10 heteroatoms. The molecule has 1 amide bonds. The quantitative estimate of drug-likeness (QED) is 0.216. The highest BCUT2D eigenvalue weighted by atomic mass is 35.5. The molecule has 2 heterocycles. The highest BCUT2D eigenvalue weighted by Gasteiger charge is 2.18. The number of hydrogen-bond acceptors (Lipinski definition) is 7. The van der Waals surface area contributed by atoms with E-state index in [-0.39, 0.29) is 11.7 Å². The van der Waals surface area contributed by atoms with E-state index in [1.807, 2.05) is 83.4 Å². The number of carbonyl (C=O) groups excluding carboxylic acids is 1. The van der Waals surface area contributed by atoms with Crippen LogP contribution in [0.2, 0.25) is 5.02 Å². The monoisotopic (exact) mass is 547 g/mol. The Bertz CT molecular complexity index is 1490. The van der Waals surface area contributed by atoms with E-state index in [0.717, 1.165) is 33.9 Å². The van der Waals surface area contributed by atoms with Crippen molar-refractivity contribution in [2.24, 2.45) is 0 Å². The molecule has 0 saturated carbocycles. The maximum Gasteiger partial charge on any atom is 0.236 e. The minimum Gasteiger partial charge on any atom is -0.497 e. The fourth-order valence-corrected chi connectivity index (χ4v) is 5.38. The summed E-state index contributed by atoms with van der Waals surface area (Å²) >= 11 is 8.74. The molecule has 3 aromatic carbocycles. The molecule has 0 bridgehead atoms. The van der Waals surface area contributed by atoms with Gasteiger partial charge >= 0.3 is 0 Å². The molecule has 0 atom stereocenters. The number of nitrogens with zero attached hydrogens (tertiary/aromatic N) is 4. The van der Waals surface area contributed by atoms with Crippen molar-refractivity contribution in [3.8, 4) is 22.8 Å². The van der Waals surface area contributed by atoms with Crippen LogP contribution in [0.15, 0.2) is 90.2 Å². The summed E-state index contributed by atoms with van der Waals surface area (Å²) < 4.78 is 7.23. The molecule has 186 valence electrons. The number of thioether (sulfide) groups is 1. The maximum atomic E-state index is 12.7. The van der Waals surface area contributed by atoms with Crippen LogP contribution in [-0.2, 0) is 11.2 Å². The first kappa shape index (κ1) is 25.0. The summed E-state index contributed by atoms with van der Waals surface area (Å²) in [6, 6.07) is 25.2. The molecule has 0 aliphatic heterocycles. The SMILES string of the molecule is COc1ccc(-c2nnc(SCC(=O)Nc3ncc(Cc4ccc(Cl)cc4)s3)n2-c2ccccc2)cc1. The van der Waals surface area contributed by atoms with Crippen molar-refractivity contribution in [2.75, 3.05) is 18.2 Å². The second kappa shape index (κ2) is 11.6. The number of thiazole rings is 1. The highest BCUT2D eigenvalue weighted by Crippen LogP contribution is 2.29. The summed E-state index contributed by atoms with van der Waals surface area (Å²) in [5.74, 6) is 1.45. The Labute approximate surface area is 227 Å². The highest BCUT2D eigenvalue weighted by molar-refractivity contribution is 7.99. The lowest BCUT2D eigenvalue weighted by Gasteiger charge is -2.10. The van der Waals surface area contributed by atoms with Crippen molar-refractivity contribution in [1.29, 1.82) is 0 Å². The second-order valence-corrected chi connectivity index (χ2v) is 10.5. The zero-order valence-electron chi connectivity index (χ0n) is 19.8. The van der Waals surface area contributed by atoms with Gasteiger partial charge in [-0.15, -0.1) is 21.5 Å². The summed E-state index contributed by atoms with van der Waals surface area (Å²) in [5, 5.41) is 13.6. The maximum absolute atomic E-state index is 12.7. The fraction of sp³-hybridized carbons (Fsp3) is 0.111. The molecule has 1 N–H and O–H groups in total. The number of halogens is 1. The first-order valence-corrected chi connectivity index (χ1v) is 13.5. The Morgan fingerprint density at radius 1 is 1.03 bits per heavy atom. The molecule has 0 saturated heterocycles. The second-order valence-electron chi connectivity index (χ2n) is 7.98. The third kappa shape index (κ3) is 6.19. The van der Waals surface area contributed by atoms with Gasteiger partial charge in [-0.05, 0) is 54.1 Å². The van der Waals surface area contributed by atoms with Gasteiger partial charge in [0.25, 0.3) is 0 Å². The van der Waals surface area contributed by atoms with Crippen LogP contribution in [0.5, 0.6) is 5.75 Å². The average molecular weight is 548 g/mol. The van der Waals surface area contributed by atoms with E-state index >= 15 is 0 Å². The average Bonchev–Trinajstić information content (AvgIpc) is 3.56. The van der Waals surface area contributed by atoms with Crippen LogP contribution in [0.3, 0.4) is 0 Å². The van der Waals surface area contributed by atoms with Crippen molar-refractivity contribution in [1.82, 2.24) is 19.7 Å². The Morgan fingerprint density at radius 2 is 1.78 bits per heavy atom. The molecular formula is C27H22ClN5O2S2. The van der Waals surface area contributed by atoms with E-state index in [4.69, 9.17) is 16.3 Å². The number of para-hydroxylation sites is 1. The van der Waals surface area contributed by atoms with Crippen molar-refractivity contribution >= 4 is 45.7 Å². The van der Waals surface area contributed by atoms with Crippen LogP contribution >= 0.6 is 34.7 Å². The van der Waals surface area contributed by atoms with Gasteiger partial charge in [0, 0.05) is 33.8 Å². The summed E-state index contributed by atoms with van der Waals surface area (Å²) in [6.07, 6.45) is 2.52. The minimum atomic E-state index is -0.161. The molecule has 0 aliphatic rings. The molecule has 7 nitrogen and oxygen atoms in total. The summed E-state index contributed by atoms with van der Waals surface area (Å²) in [6.45, 7) is 0. The van der Waals surface area contributed by atoms with Gasteiger partial charge < -0.3 is 10.1 Å². The Balaban J connectivity index is 1.28. The molecule has 0 fully saturated rings.